The molecule has 2 rings (SSSR count). The summed E-state index contributed by atoms with van der Waals surface area (Å²) in [7, 11) is 0. The molecule has 0 aromatic heterocycles. The molecule has 0 spiro atoms. The highest BCUT2D eigenvalue weighted by Gasteiger charge is 2.46. The smallest absolute Gasteiger partial charge is 0.0621 e. The van der Waals surface area contributed by atoms with E-state index in [1.165, 1.54) is 6.42 Å². The van der Waals surface area contributed by atoms with E-state index in [0.717, 1.165) is 45.8 Å². The van der Waals surface area contributed by atoms with Crippen LogP contribution in [-0.4, -0.2) is 61.5 Å². The van der Waals surface area contributed by atoms with Crippen molar-refractivity contribution in [2.45, 2.75) is 38.8 Å². The van der Waals surface area contributed by atoms with Crippen molar-refractivity contribution in [3.63, 3.8) is 0 Å². The first-order chi connectivity index (χ1) is 8.10. The third-order valence-electron chi connectivity index (χ3n) is 4.36. The minimum absolute atomic E-state index is 0.0545. The Labute approximate surface area is 104 Å². The highest BCUT2D eigenvalue weighted by Crippen LogP contribution is 2.40. The molecule has 0 bridgehead atoms. The lowest BCUT2D eigenvalue weighted by atomic mass is 9.64. The summed E-state index contributed by atoms with van der Waals surface area (Å²) in [6, 6.07) is 0.488. The Balaban J connectivity index is 1.54. The second-order valence-corrected chi connectivity index (χ2v) is 5.89. The van der Waals surface area contributed by atoms with Gasteiger partial charge in [-0.05, 0) is 25.9 Å². The van der Waals surface area contributed by atoms with Crippen LogP contribution in [-0.2, 0) is 4.74 Å². The molecule has 1 saturated heterocycles. The molecule has 2 fully saturated rings. The van der Waals surface area contributed by atoms with Gasteiger partial charge in [0.15, 0.2) is 0 Å². The summed E-state index contributed by atoms with van der Waals surface area (Å²) in [5, 5.41) is 13.2. The number of rotatable bonds is 5. The summed E-state index contributed by atoms with van der Waals surface area (Å²) in [4.78, 5) is 2.46. The highest BCUT2D eigenvalue weighted by molar-refractivity contribution is 5.01. The lowest BCUT2D eigenvalue weighted by Crippen LogP contribution is -2.60. The molecule has 0 amide bonds. The lowest BCUT2D eigenvalue weighted by molar-refractivity contribution is -0.0724. The summed E-state index contributed by atoms with van der Waals surface area (Å²) >= 11 is 0. The van der Waals surface area contributed by atoms with Crippen LogP contribution in [0.3, 0.4) is 0 Å². The van der Waals surface area contributed by atoms with Crippen molar-refractivity contribution in [3.8, 4) is 0 Å². The van der Waals surface area contributed by atoms with Crippen molar-refractivity contribution >= 4 is 0 Å². The molecule has 17 heavy (non-hydrogen) atoms. The van der Waals surface area contributed by atoms with E-state index in [1.54, 1.807) is 0 Å². The van der Waals surface area contributed by atoms with Gasteiger partial charge in [0.1, 0.15) is 0 Å². The van der Waals surface area contributed by atoms with E-state index in [4.69, 9.17) is 4.74 Å². The number of nitrogens with one attached hydrogen (secondary N) is 1. The van der Waals surface area contributed by atoms with Gasteiger partial charge in [0.2, 0.25) is 0 Å². The fraction of sp³-hybridized carbons (Fsp3) is 1.00. The molecular formula is C13H26N2O2. The summed E-state index contributed by atoms with van der Waals surface area (Å²) in [5.41, 5.74) is 0.0545. The van der Waals surface area contributed by atoms with Crippen molar-refractivity contribution in [3.05, 3.63) is 0 Å². The Hall–Kier alpha value is -0.160. The zero-order valence-electron chi connectivity index (χ0n) is 11.1. The van der Waals surface area contributed by atoms with E-state index in [2.05, 4.69) is 24.1 Å². The van der Waals surface area contributed by atoms with Gasteiger partial charge in [-0.3, -0.25) is 4.90 Å². The Morgan fingerprint density at radius 2 is 2.06 bits per heavy atom. The number of aliphatic hydroxyl groups excluding tert-OH is 1. The average molecular weight is 242 g/mol. The van der Waals surface area contributed by atoms with Gasteiger partial charge < -0.3 is 15.2 Å². The maximum atomic E-state index is 9.64. The number of ether oxygens (including phenoxy) is 1. The second kappa shape index (κ2) is 5.65. The van der Waals surface area contributed by atoms with Crippen molar-refractivity contribution in [2.24, 2.45) is 5.41 Å². The summed E-state index contributed by atoms with van der Waals surface area (Å²) in [5.74, 6) is 0. The zero-order valence-corrected chi connectivity index (χ0v) is 11.1. The molecule has 2 atom stereocenters. The molecule has 100 valence electrons. The first-order valence-corrected chi connectivity index (χ1v) is 6.82. The lowest BCUT2D eigenvalue weighted by Gasteiger charge is -2.49. The number of morpholine rings is 1. The molecule has 0 aromatic carbocycles. The van der Waals surface area contributed by atoms with Crippen LogP contribution < -0.4 is 5.32 Å². The van der Waals surface area contributed by atoms with Gasteiger partial charge in [0.05, 0.1) is 19.3 Å². The van der Waals surface area contributed by atoms with Crippen LogP contribution in [0.25, 0.3) is 0 Å². The van der Waals surface area contributed by atoms with Crippen LogP contribution in [0.5, 0.6) is 0 Å². The maximum absolute atomic E-state index is 9.64. The summed E-state index contributed by atoms with van der Waals surface area (Å²) in [6.45, 7) is 10.4. The molecule has 1 aliphatic heterocycles. The second-order valence-electron chi connectivity index (χ2n) is 5.89. The van der Waals surface area contributed by atoms with E-state index in [9.17, 15) is 5.11 Å². The van der Waals surface area contributed by atoms with Crippen molar-refractivity contribution in [1.82, 2.24) is 10.2 Å². The van der Waals surface area contributed by atoms with Gasteiger partial charge in [0, 0.05) is 24.5 Å². The zero-order chi connectivity index (χ0) is 12.3. The van der Waals surface area contributed by atoms with Crippen LogP contribution in [0, 0.1) is 5.41 Å². The summed E-state index contributed by atoms with van der Waals surface area (Å²) in [6.07, 6.45) is 1.96. The molecule has 4 nitrogen and oxygen atoms in total. The Morgan fingerprint density at radius 3 is 2.65 bits per heavy atom. The molecule has 1 heterocycles. The van der Waals surface area contributed by atoms with E-state index >= 15 is 0 Å². The first kappa shape index (κ1) is 13.3. The van der Waals surface area contributed by atoms with Gasteiger partial charge in [-0.15, -0.1) is 0 Å². The SMILES string of the molecule is CC1(C)C(O)CC1NCCCN1CCOCC1. The van der Waals surface area contributed by atoms with Crippen LogP contribution in [0.1, 0.15) is 26.7 Å². The van der Waals surface area contributed by atoms with Crippen molar-refractivity contribution in [1.29, 1.82) is 0 Å². The van der Waals surface area contributed by atoms with Gasteiger partial charge >= 0.3 is 0 Å². The van der Waals surface area contributed by atoms with Gasteiger partial charge in [-0.25, -0.2) is 0 Å². The Morgan fingerprint density at radius 1 is 1.35 bits per heavy atom. The normalized spacial score (nSPS) is 33.4. The third-order valence-corrected chi connectivity index (χ3v) is 4.36. The van der Waals surface area contributed by atoms with E-state index in [-0.39, 0.29) is 11.5 Å². The first-order valence-electron chi connectivity index (χ1n) is 6.82. The van der Waals surface area contributed by atoms with Crippen LogP contribution in [0.15, 0.2) is 0 Å². The predicted molar refractivity (Wildman–Crippen MR) is 68.1 cm³/mol. The number of aliphatic hydroxyl groups is 1. The van der Waals surface area contributed by atoms with Crippen molar-refractivity contribution < 1.29 is 9.84 Å². The molecule has 4 heteroatoms. The molecular weight excluding hydrogens is 216 g/mol. The number of hydrogen-bond acceptors (Lipinski definition) is 4. The van der Waals surface area contributed by atoms with Crippen LogP contribution in [0.2, 0.25) is 0 Å². The molecule has 2 unspecified atom stereocenters. The van der Waals surface area contributed by atoms with Crippen LogP contribution in [0.4, 0.5) is 0 Å². The predicted octanol–water partition coefficient (Wildman–Crippen LogP) is 0.458. The van der Waals surface area contributed by atoms with Gasteiger partial charge in [0.25, 0.3) is 0 Å². The topological polar surface area (TPSA) is 44.7 Å². The standard InChI is InChI=1S/C13H26N2O2/c1-13(2)11(10-12(13)16)14-4-3-5-15-6-8-17-9-7-15/h11-12,14,16H,3-10H2,1-2H3. The highest BCUT2D eigenvalue weighted by atomic mass is 16.5. The quantitative estimate of drug-likeness (QED) is 0.688. The molecule has 0 aromatic rings. The Bertz CT molecular complexity index is 240. The monoisotopic (exact) mass is 242 g/mol. The number of nitrogens with zero attached hydrogens (tertiary/aromatic N) is 1. The molecule has 0 radical (unpaired) electrons. The van der Waals surface area contributed by atoms with E-state index in [0.29, 0.717) is 6.04 Å². The minimum atomic E-state index is -0.126. The average Bonchev–Trinajstić information content (AvgIpc) is 2.34. The molecule has 1 saturated carbocycles. The van der Waals surface area contributed by atoms with Crippen LogP contribution >= 0.6 is 0 Å². The molecule has 1 aliphatic carbocycles. The third kappa shape index (κ3) is 3.19. The van der Waals surface area contributed by atoms with E-state index < -0.39 is 0 Å². The fourth-order valence-electron chi connectivity index (χ4n) is 2.65. The van der Waals surface area contributed by atoms with Gasteiger partial charge in [-0.1, -0.05) is 13.8 Å². The molecule has 2 N–H and O–H groups in total. The van der Waals surface area contributed by atoms with Gasteiger partial charge in [-0.2, -0.15) is 0 Å². The molecule has 2 aliphatic rings. The number of hydrogen-bond donors (Lipinski definition) is 2. The van der Waals surface area contributed by atoms with Crippen molar-refractivity contribution in [2.75, 3.05) is 39.4 Å². The Kier molecular flexibility index (Phi) is 4.42. The van der Waals surface area contributed by atoms with E-state index in [1.807, 2.05) is 0 Å². The maximum Gasteiger partial charge on any atom is 0.0621 e. The summed E-state index contributed by atoms with van der Waals surface area (Å²) < 4.78 is 5.32. The minimum Gasteiger partial charge on any atom is -0.392 e. The largest absolute Gasteiger partial charge is 0.392 e. The fourth-order valence-corrected chi connectivity index (χ4v) is 2.65.